The molecule has 0 N–H and O–H groups in total. The first-order valence-corrected chi connectivity index (χ1v) is 9.73. The minimum atomic E-state index is 0.376. The zero-order valence-corrected chi connectivity index (χ0v) is 14.2. The Balaban J connectivity index is 1.57. The summed E-state index contributed by atoms with van der Waals surface area (Å²) in [6.45, 7) is 2.30. The highest BCUT2D eigenvalue weighted by Gasteiger charge is 2.30. The molecule has 0 heterocycles. The molecule has 0 amide bonds. The lowest BCUT2D eigenvalue weighted by Gasteiger charge is -2.36. The summed E-state index contributed by atoms with van der Waals surface area (Å²) in [5, 5.41) is 9.01. The van der Waals surface area contributed by atoms with E-state index in [2.05, 4.69) is 13.0 Å². The first kappa shape index (κ1) is 16.9. The molecule has 0 aromatic heterocycles. The van der Waals surface area contributed by atoms with Crippen LogP contribution in [0.4, 0.5) is 0 Å². The van der Waals surface area contributed by atoms with Gasteiger partial charge in [-0.2, -0.15) is 5.26 Å². The van der Waals surface area contributed by atoms with Crippen molar-refractivity contribution in [3.63, 3.8) is 0 Å². The summed E-state index contributed by atoms with van der Waals surface area (Å²) in [7, 11) is 0. The van der Waals surface area contributed by atoms with E-state index >= 15 is 0 Å². The van der Waals surface area contributed by atoms with E-state index < -0.39 is 0 Å². The van der Waals surface area contributed by atoms with Gasteiger partial charge < -0.3 is 0 Å². The zero-order valence-electron chi connectivity index (χ0n) is 14.2. The molecule has 0 aliphatic heterocycles. The molecule has 0 atom stereocenters. The van der Waals surface area contributed by atoms with Gasteiger partial charge in [0.05, 0.1) is 6.07 Å². The topological polar surface area (TPSA) is 23.8 Å². The van der Waals surface area contributed by atoms with Gasteiger partial charge in [0.25, 0.3) is 0 Å². The van der Waals surface area contributed by atoms with Crippen LogP contribution < -0.4 is 0 Å². The molecule has 2 aliphatic carbocycles. The van der Waals surface area contributed by atoms with Gasteiger partial charge in [0.2, 0.25) is 0 Å². The van der Waals surface area contributed by atoms with Gasteiger partial charge in [0.1, 0.15) is 0 Å². The van der Waals surface area contributed by atoms with Crippen LogP contribution in [-0.2, 0) is 0 Å². The number of nitrogens with zero attached hydrogens (tertiary/aromatic N) is 1. The molecule has 120 valence electrons. The van der Waals surface area contributed by atoms with Crippen molar-refractivity contribution in [2.45, 2.75) is 96.8 Å². The lowest BCUT2D eigenvalue weighted by molar-refractivity contribution is 0.152. The number of unbranched alkanes of at least 4 members (excludes halogenated alkanes) is 4. The van der Waals surface area contributed by atoms with Crippen molar-refractivity contribution in [1.82, 2.24) is 0 Å². The molecular formula is C20H35N. The van der Waals surface area contributed by atoms with Crippen molar-refractivity contribution in [1.29, 1.82) is 5.26 Å². The quantitative estimate of drug-likeness (QED) is 0.492. The smallest absolute Gasteiger partial charge is 0.0655 e. The molecule has 0 aromatic carbocycles. The van der Waals surface area contributed by atoms with E-state index in [0.29, 0.717) is 5.92 Å². The second-order valence-electron chi connectivity index (χ2n) is 7.72. The van der Waals surface area contributed by atoms with Crippen LogP contribution in [0.1, 0.15) is 96.8 Å². The van der Waals surface area contributed by atoms with Crippen molar-refractivity contribution in [3.8, 4) is 6.07 Å². The number of rotatable bonds is 7. The number of hydrogen-bond donors (Lipinski definition) is 0. The van der Waals surface area contributed by atoms with Gasteiger partial charge >= 0.3 is 0 Å². The molecule has 0 spiro atoms. The standard InChI is InChI=1S/C20H35N/c1-2-3-4-5-6-7-17-8-12-19(13-9-17)20-14-10-18(16-21)11-15-20/h17-20H,2-15H2,1H3. The molecule has 2 fully saturated rings. The third-order valence-electron chi connectivity index (χ3n) is 6.23. The van der Waals surface area contributed by atoms with Crippen LogP contribution in [0.15, 0.2) is 0 Å². The van der Waals surface area contributed by atoms with Crippen molar-refractivity contribution < 1.29 is 0 Å². The molecule has 0 unspecified atom stereocenters. The maximum Gasteiger partial charge on any atom is 0.0655 e. The molecule has 2 aliphatic rings. The molecular weight excluding hydrogens is 254 g/mol. The summed E-state index contributed by atoms with van der Waals surface area (Å²) in [5.41, 5.74) is 0. The lowest BCUT2D eigenvalue weighted by Crippen LogP contribution is -2.25. The Hall–Kier alpha value is -0.510. The largest absolute Gasteiger partial charge is 0.198 e. The van der Waals surface area contributed by atoms with Gasteiger partial charge in [-0.05, 0) is 56.3 Å². The van der Waals surface area contributed by atoms with Crippen molar-refractivity contribution in [2.24, 2.45) is 23.7 Å². The molecule has 1 nitrogen and oxygen atoms in total. The normalized spacial score (nSPS) is 33.5. The van der Waals surface area contributed by atoms with Gasteiger partial charge in [-0.1, -0.05) is 58.3 Å². The first-order chi connectivity index (χ1) is 10.3. The first-order valence-electron chi connectivity index (χ1n) is 9.73. The highest BCUT2D eigenvalue weighted by atomic mass is 14.4. The maximum atomic E-state index is 9.01. The monoisotopic (exact) mass is 289 g/mol. The predicted molar refractivity (Wildman–Crippen MR) is 89.9 cm³/mol. The molecule has 0 aromatic rings. The van der Waals surface area contributed by atoms with Gasteiger partial charge in [0.15, 0.2) is 0 Å². The Kier molecular flexibility index (Phi) is 7.62. The van der Waals surface area contributed by atoms with Gasteiger partial charge in [-0.15, -0.1) is 0 Å². The fourth-order valence-electron chi connectivity index (χ4n) is 4.70. The van der Waals surface area contributed by atoms with E-state index in [1.165, 1.54) is 89.9 Å². The van der Waals surface area contributed by atoms with E-state index in [1.54, 1.807) is 0 Å². The average Bonchev–Trinajstić information content (AvgIpc) is 2.55. The van der Waals surface area contributed by atoms with Crippen molar-refractivity contribution >= 4 is 0 Å². The third kappa shape index (κ3) is 5.65. The fraction of sp³-hybridized carbons (Fsp3) is 0.950. The minimum absolute atomic E-state index is 0.376. The van der Waals surface area contributed by atoms with Crippen LogP contribution >= 0.6 is 0 Å². The molecule has 0 bridgehead atoms. The van der Waals surface area contributed by atoms with E-state index in [0.717, 1.165) is 17.8 Å². The summed E-state index contributed by atoms with van der Waals surface area (Å²) >= 11 is 0. The van der Waals surface area contributed by atoms with Crippen LogP contribution in [0.3, 0.4) is 0 Å². The number of hydrogen-bond acceptors (Lipinski definition) is 1. The summed E-state index contributed by atoms with van der Waals surface area (Å²) in [4.78, 5) is 0. The third-order valence-corrected chi connectivity index (χ3v) is 6.23. The van der Waals surface area contributed by atoms with E-state index in [1.807, 2.05) is 0 Å². The van der Waals surface area contributed by atoms with Crippen molar-refractivity contribution in [3.05, 3.63) is 0 Å². The zero-order chi connectivity index (χ0) is 14.9. The SMILES string of the molecule is CCCCCCCC1CCC(C2CCC(C#N)CC2)CC1. The average molecular weight is 290 g/mol. The Morgan fingerprint density at radius 3 is 1.90 bits per heavy atom. The van der Waals surface area contributed by atoms with E-state index in [-0.39, 0.29) is 0 Å². The Morgan fingerprint density at radius 2 is 1.33 bits per heavy atom. The van der Waals surface area contributed by atoms with E-state index in [9.17, 15) is 0 Å². The van der Waals surface area contributed by atoms with Crippen LogP contribution in [0, 0.1) is 35.0 Å². The summed E-state index contributed by atoms with van der Waals surface area (Å²) in [6.07, 6.45) is 19.7. The number of nitriles is 1. The lowest BCUT2D eigenvalue weighted by atomic mass is 9.69. The minimum Gasteiger partial charge on any atom is -0.198 e. The molecule has 21 heavy (non-hydrogen) atoms. The van der Waals surface area contributed by atoms with E-state index in [4.69, 9.17) is 5.26 Å². The van der Waals surface area contributed by atoms with Crippen LogP contribution in [0.2, 0.25) is 0 Å². The summed E-state index contributed by atoms with van der Waals surface area (Å²) in [6, 6.07) is 2.47. The van der Waals surface area contributed by atoms with Gasteiger partial charge in [-0.3, -0.25) is 0 Å². The fourth-order valence-corrected chi connectivity index (χ4v) is 4.70. The molecule has 0 saturated heterocycles. The van der Waals surface area contributed by atoms with Crippen LogP contribution in [-0.4, -0.2) is 0 Å². The Morgan fingerprint density at radius 1 is 0.762 bits per heavy atom. The molecule has 1 heteroatoms. The molecule has 2 rings (SSSR count). The van der Waals surface area contributed by atoms with Gasteiger partial charge in [-0.25, -0.2) is 0 Å². The molecule has 0 radical (unpaired) electrons. The predicted octanol–water partition coefficient (Wildman–Crippen LogP) is 6.48. The van der Waals surface area contributed by atoms with Crippen LogP contribution in [0.5, 0.6) is 0 Å². The Labute approximate surface area is 132 Å². The highest BCUT2D eigenvalue weighted by molar-refractivity contribution is 4.89. The molecule has 2 saturated carbocycles. The van der Waals surface area contributed by atoms with Crippen molar-refractivity contribution in [2.75, 3.05) is 0 Å². The summed E-state index contributed by atoms with van der Waals surface area (Å²) < 4.78 is 0. The van der Waals surface area contributed by atoms with Gasteiger partial charge in [0, 0.05) is 5.92 Å². The summed E-state index contributed by atoms with van der Waals surface area (Å²) in [5.74, 6) is 3.38. The second-order valence-corrected chi connectivity index (χ2v) is 7.72. The van der Waals surface area contributed by atoms with Crippen LogP contribution in [0.25, 0.3) is 0 Å². The Bertz CT molecular complexity index is 300. The highest BCUT2D eigenvalue weighted by Crippen LogP contribution is 2.42. The second kappa shape index (κ2) is 9.50. The maximum absolute atomic E-state index is 9.01.